The summed E-state index contributed by atoms with van der Waals surface area (Å²) < 4.78 is 13.8. The van der Waals surface area contributed by atoms with Gasteiger partial charge in [-0.25, -0.2) is 4.39 Å². The molecule has 2 rings (SSSR count). The smallest absolute Gasteiger partial charge is 0.233 e. The van der Waals surface area contributed by atoms with Gasteiger partial charge in [0, 0.05) is 20.6 Å². The average Bonchev–Trinajstić information content (AvgIpc) is 2.43. The molecule has 21 heavy (non-hydrogen) atoms. The molecule has 0 radical (unpaired) electrons. The van der Waals surface area contributed by atoms with E-state index in [1.54, 1.807) is 17.0 Å². The molecule has 6 nitrogen and oxygen atoms in total. The monoisotopic (exact) mass is 290 g/mol. The Morgan fingerprint density at radius 2 is 1.86 bits per heavy atom. The molecular weight excluding hydrogens is 271 g/mol. The Morgan fingerprint density at radius 3 is 2.52 bits per heavy atom. The van der Waals surface area contributed by atoms with Gasteiger partial charge in [-0.2, -0.15) is 15.0 Å². The van der Waals surface area contributed by atoms with Crippen molar-refractivity contribution >= 4 is 23.5 Å². The van der Waals surface area contributed by atoms with Crippen molar-refractivity contribution in [3.8, 4) is 0 Å². The second-order valence-corrected chi connectivity index (χ2v) is 4.82. The lowest BCUT2D eigenvalue weighted by Gasteiger charge is -2.14. The summed E-state index contributed by atoms with van der Waals surface area (Å²) >= 11 is 0. The lowest BCUT2D eigenvalue weighted by atomic mass is 10.2. The zero-order chi connectivity index (χ0) is 15.4. The zero-order valence-electron chi connectivity index (χ0n) is 12.6. The van der Waals surface area contributed by atoms with Crippen LogP contribution in [0, 0.1) is 12.7 Å². The number of halogens is 1. The first-order valence-electron chi connectivity index (χ1n) is 6.70. The first-order chi connectivity index (χ1) is 9.99. The van der Waals surface area contributed by atoms with E-state index in [4.69, 9.17) is 0 Å². The molecule has 0 aliphatic carbocycles. The number of hydrogen-bond acceptors (Lipinski definition) is 6. The highest BCUT2D eigenvalue weighted by atomic mass is 19.1. The minimum absolute atomic E-state index is 0.300. The molecule has 1 aromatic carbocycles. The summed E-state index contributed by atoms with van der Waals surface area (Å²) in [5.74, 6) is 0.898. The first kappa shape index (κ1) is 15.0. The van der Waals surface area contributed by atoms with Crippen LogP contribution in [0.15, 0.2) is 18.2 Å². The Labute approximate surface area is 123 Å². The van der Waals surface area contributed by atoms with E-state index in [1.165, 1.54) is 6.07 Å². The normalized spacial score (nSPS) is 10.3. The lowest BCUT2D eigenvalue weighted by molar-refractivity contribution is 0.631. The maximum atomic E-state index is 13.8. The molecule has 112 valence electrons. The average molecular weight is 290 g/mol. The van der Waals surface area contributed by atoms with Gasteiger partial charge in [-0.3, -0.25) is 0 Å². The summed E-state index contributed by atoms with van der Waals surface area (Å²) in [5.41, 5.74) is 1.29. The van der Waals surface area contributed by atoms with Crippen LogP contribution in [0.1, 0.15) is 12.5 Å². The predicted octanol–water partition coefficient (Wildman–Crippen LogP) is 2.56. The van der Waals surface area contributed by atoms with E-state index >= 15 is 0 Å². The number of benzene rings is 1. The van der Waals surface area contributed by atoms with Gasteiger partial charge in [0.05, 0.1) is 5.69 Å². The largest absolute Gasteiger partial charge is 0.354 e. The Morgan fingerprint density at radius 1 is 1.14 bits per heavy atom. The lowest BCUT2D eigenvalue weighted by Crippen LogP contribution is -2.16. The molecule has 0 bridgehead atoms. The molecule has 0 amide bonds. The van der Waals surface area contributed by atoms with Gasteiger partial charge in [-0.1, -0.05) is 6.07 Å². The van der Waals surface area contributed by atoms with Gasteiger partial charge >= 0.3 is 0 Å². The summed E-state index contributed by atoms with van der Waals surface area (Å²) in [6, 6.07) is 4.83. The third-order valence-electron chi connectivity index (χ3n) is 2.73. The molecule has 0 unspecified atom stereocenters. The van der Waals surface area contributed by atoms with Crippen LogP contribution in [-0.2, 0) is 0 Å². The SMILES string of the molecule is CCNc1nc(Nc2cc(C)ccc2F)nc(N(C)C)n1. The Kier molecular flexibility index (Phi) is 4.52. The van der Waals surface area contributed by atoms with Crippen molar-refractivity contribution in [3.63, 3.8) is 0 Å². The van der Waals surface area contributed by atoms with E-state index in [1.807, 2.05) is 27.9 Å². The Balaban J connectivity index is 2.36. The second-order valence-electron chi connectivity index (χ2n) is 4.82. The van der Waals surface area contributed by atoms with Crippen LogP contribution in [0.25, 0.3) is 0 Å². The fourth-order valence-electron chi connectivity index (χ4n) is 1.71. The quantitative estimate of drug-likeness (QED) is 0.882. The van der Waals surface area contributed by atoms with Gasteiger partial charge in [0.2, 0.25) is 17.8 Å². The Bertz CT molecular complexity index is 629. The van der Waals surface area contributed by atoms with Crippen LogP contribution in [0.4, 0.5) is 27.9 Å². The molecule has 1 aromatic heterocycles. The van der Waals surface area contributed by atoms with E-state index in [-0.39, 0.29) is 5.82 Å². The van der Waals surface area contributed by atoms with Crippen LogP contribution in [0.2, 0.25) is 0 Å². The minimum atomic E-state index is -0.350. The van der Waals surface area contributed by atoms with Crippen LogP contribution in [0.5, 0.6) is 0 Å². The third kappa shape index (κ3) is 3.77. The number of aryl methyl sites for hydroxylation is 1. The van der Waals surface area contributed by atoms with E-state index < -0.39 is 0 Å². The molecule has 7 heteroatoms. The number of nitrogens with zero attached hydrogens (tertiary/aromatic N) is 4. The molecule has 2 aromatic rings. The summed E-state index contributed by atoms with van der Waals surface area (Å²) in [5, 5.41) is 5.94. The number of hydrogen-bond donors (Lipinski definition) is 2. The molecule has 0 atom stereocenters. The molecule has 0 saturated heterocycles. The fraction of sp³-hybridized carbons (Fsp3) is 0.357. The van der Waals surface area contributed by atoms with Gasteiger partial charge in [0.1, 0.15) is 5.82 Å². The van der Waals surface area contributed by atoms with E-state index in [9.17, 15) is 4.39 Å². The summed E-state index contributed by atoms with van der Waals surface area (Å²) in [7, 11) is 3.67. The predicted molar refractivity (Wildman–Crippen MR) is 82.7 cm³/mol. The molecule has 0 aliphatic heterocycles. The van der Waals surface area contributed by atoms with Crippen molar-refractivity contribution in [1.82, 2.24) is 15.0 Å². The van der Waals surface area contributed by atoms with Crippen molar-refractivity contribution in [2.75, 3.05) is 36.2 Å². The zero-order valence-corrected chi connectivity index (χ0v) is 12.6. The third-order valence-corrected chi connectivity index (χ3v) is 2.73. The van der Waals surface area contributed by atoms with E-state index in [0.29, 0.717) is 30.1 Å². The number of aromatic nitrogens is 3. The molecule has 1 heterocycles. The van der Waals surface area contributed by atoms with E-state index in [2.05, 4.69) is 25.6 Å². The van der Waals surface area contributed by atoms with E-state index in [0.717, 1.165) is 5.56 Å². The summed E-state index contributed by atoms with van der Waals surface area (Å²) in [6.07, 6.45) is 0. The molecule has 0 fully saturated rings. The van der Waals surface area contributed by atoms with Gasteiger partial charge in [-0.15, -0.1) is 0 Å². The fourth-order valence-corrected chi connectivity index (χ4v) is 1.71. The van der Waals surface area contributed by atoms with Gasteiger partial charge in [0.25, 0.3) is 0 Å². The van der Waals surface area contributed by atoms with Gasteiger partial charge in [-0.05, 0) is 31.5 Å². The van der Waals surface area contributed by atoms with Crippen LogP contribution in [0.3, 0.4) is 0 Å². The molecule has 0 spiro atoms. The Hall–Kier alpha value is -2.44. The standard InChI is InChI=1S/C14H19FN6/c1-5-16-12-18-13(20-14(19-12)21(3)4)17-11-8-9(2)6-7-10(11)15/h6-8H,5H2,1-4H3,(H2,16,17,18,19,20). The van der Waals surface area contributed by atoms with Gasteiger partial charge in [0.15, 0.2) is 0 Å². The molecular formula is C14H19FN6. The molecule has 2 N–H and O–H groups in total. The topological polar surface area (TPSA) is 66.0 Å². The van der Waals surface area contributed by atoms with Crippen LogP contribution in [-0.4, -0.2) is 35.6 Å². The first-order valence-corrected chi connectivity index (χ1v) is 6.70. The maximum absolute atomic E-state index is 13.8. The van der Waals surface area contributed by atoms with Crippen molar-refractivity contribution < 1.29 is 4.39 Å². The number of nitrogens with one attached hydrogen (secondary N) is 2. The van der Waals surface area contributed by atoms with Crippen molar-refractivity contribution in [3.05, 3.63) is 29.6 Å². The summed E-state index contributed by atoms with van der Waals surface area (Å²) in [6.45, 7) is 4.54. The van der Waals surface area contributed by atoms with Crippen LogP contribution < -0.4 is 15.5 Å². The van der Waals surface area contributed by atoms with Gasteiger partial charge < -0.3 is 15.5 Å². The highest BCUT2D eigenvalue weighted by molar-refractivity contribution is 5.57. The second kappa shape index (κ2) is 6.34. The van der Waals surface area contributed by atoms with Crippen molar-refractivity contribution in [1.29, 1.82) is 0 Å². The maximum Gasteiger partial charge on any atom is 0.233 e. The number of rotatable bonds is 5. The number of anilines is 4. The molecule has 0 saturated carbocycles. The molecule has 0 aliphatic rings. The highest BCUT2D eigenvalue weighted by Gasteiger charge is 2.10. The minimum Gasteiger partial charge on any atom is -0.354 e. The highest BCUT2D eigenvalue weighted by Crippen LogP contribution is 2.20. The van der Waals surface area contributed by atoms with Crippen molar-refractivity contribution in [2.45, 2.75) is 13.8 Å². The summed E-state index contributed by atoms with van der Waals surface area (Å²) in [4.78, 5) is 14.5. The van der Waals surface area contributed by atoms with Crippen LogP contribution >= 0.6 is 0 Å². The van der Waals surface area contributed by atoms with Crippen molar-refractivity contribution in [2.24, 2.45) is 0 Å².